The van der Waals surface area contributed by atoms with Gasteiger partial charge in [0.1, 0.15) is 0 Å². The zero-order valence-electron chi connectivity index (χ0n) is 9.98. The summed E-state index contributed by atoms with van der Waals surface area (Å²) in [6.07, 6.45) is 5.06. The highest BCUT2D eigenvalue weighted by molar-refractivity contribution is 5.92. The van der Waals surface area contributed by atoms with Gasteiger partial charge in [-0.2, -0.15) is 0 Å². The first-order valence-electron chi connectivity index (χ1n) is 6.02. The normalized spacial score (nSPS) is 24.6. The number of aromatic nitrogens is 1. The average molecular weight is 238 g/mol. The number of oxazole rings is 1. The SMILES string of the molecule is Cc1ncoc1C(=O)NC1CCC(CO)CC1. The number of nitrogens with zero attached hydrogens (tertiary/aromatic N) is 1. The largest absolute Gasteiger partial charge is 0.438 e. The van der Waals surface area contributed by atoms with Crippen LogP contribution in [0.15, 0.2) is 10.8 Å². The number of aliphatic hydroxyl groups is 1. The number of aryl methyl sites for hydroxylation is 1. The summed E-state index contributed by atoms with van der Waals surface area (Å²) in [5, 5.41) is 12.0. The van der Waals surface area contributed by atoms with E-state index < -0.39 is 0 Å². The maximum Gasteiger partial charge on any atom is 0.289 e. The van der Waals surface area contributed by atoms with Crippen molar-refractivity contribution in [1.82, 2.24) is 10.3 Å². The molecule has 5 nitrogen and oxygen atoms in total. The molecule has 0 aromatic carbocycles. The molecule has 1 aliphatic rings. The summed E-state index contributed by atoms with van der Waals surface area (Å²) in [7, 11) is 0. The lowest BCUT2D eigenvalue weighted by molar-refractivity contribution is 0.0885. The van der Waals surface area contributed by atoms with Gasteiger partial charge < -0.3 is 14.8 Å². The zero-order valence-corrected chi connectivity index (χ0v) is 9.98. The Morgan fingerprint density at radius 3 is 2.76 bits per heavy atom. The Hall–Kier alpha value is -1.36. The second kappa shape index (κ2) is 5.31. The molecule has 0 bridgehead atoms. The monoisotopic (exact) mass is 238 g/mol. The molecule has 1 aromatic heterocycles. The molecule has 0 radical (unpaired) electrons. The van der Waals surface area contributed by atoms with Gasteiger partial charge in [-0.05, 0) is 38.5 Å². The number of carbonyl (C=O) groups is 1. The first-order valence-corrected chi connectivity index (χ1v) is 6.02. The van der Waals surface area contributed by atoms with Crippen molar-refractivity contribution in [2.45, 2.75) is 38.6 Å². The van der Waals surface area contributed by atoms with Crippen molar-refractivity contribution in [1.29, 1.82) is 0 Å². The molecule has 1 heterocycles. The van der Waals surface area contributed by atoms with E-state index in [2.05, 4.69) is 10.3 Å². The third-order valence-corrected chi connectivity index (χ3v) is 3.39. The van der Waals surface area contributed by atoms with E-state index in [0.717, 1.165) is 25.7 Å². The molecule has 1 fully saturated rings. The fourth-order valence-electron chi connectivity index (χ4n) is 2.26. The predicted octanol–water partition coefficient (Wildman–Crippen LogP) is 1.26. The van der Waals surface area contributed by atoms with Crippen molar-refractivity contribution in [3.63, 3.8) is 0 Å². The van der Waals surface area contributed by atoms with Crippen molar-refractivity contribution in [3.8, 4) is 0 Å². The molecular formula is C12H18N2O3. The van der Waals surface area contributed by atoms with Gasteiger partial charge in [0.15, 0.2) is 6.39 Å². The van der Waals surface area contributed by atoms with Crippen molar-refractivity contribution >= 4 is 5.91 Å². The van der Waals surface area contributed by atoms with E-state index >= 15 is 0 Å². The van der Waals surface area contributed by atoms with Crippen LogP contribution in [-0.4, -0.2) is 28.6 Å². The van der Waals surface area contributed by atoms with Crippen LogP contribution in [0, 0.1) is 12.8 Å². The van der Waals surface area contributed by atoms with Crippen molar-refractivity contribution in [3.05, 3.63) is 17.8 Å². The number of hydrogen-bond acceptors (Lipinski definition) is 4. The van der Waals surface area contributed by atoms with E-state index in [9.17, 15) is 4.79 Å². The van der Waals surface area contributed by atoms with Crippen LogP contribution in [-0.2, 0) is 0 Å². The molecule has 1 saturated carbocycles. The minimum Gasteiger partial charge on any atom is -0.438 e. The van der Waals surface area contributed by atoms with Crippen molar-refractivity contribution in [2.75, 3.05) is 6.61 Å². The molecule has 0 aliphatic heterocycles. The van der Waals surface area contributed by atoms with Gasteiger partial charge >= 0.3 is 0 Å². The smallest absolute Gasteiger partial charge is 0.289 e. The molecule has 1 aliphatic carbocycles. The first kappa shape index (κ1) is 12.1. The summed E-state index contributed by atoms with van der Waals surface area (Å²) in [5.74, 6) is 0.511. The topological polar surface area (TPSA) is 75.4 Å². The second-order valence-electron chi connectivity index (χ2n) is 4.64. The van der Waals surface area contributed by atoms with E-state index in [-0.39, 0.29) is 18.6 Å². The highest BCUT2D eigenvalue weighted by atomic mass is 16.3. The number of carbonyl (C=O) groups excluding carboxylic acids is 1. The quantitative estimate of drug-likeness (QED) is 0.831. The zero-order chi connectivity index (χ0) is 12.3. The Bertz CT molecular complexity index is 381. The molecule has 0 unspecified atom stereocenters. The van der Waals surface area contributed by atoms with Crippen LogP contribution in [0.25, 0.3) is 0 Å². The summed E-state index contributed by atoms with van der Waals surface area (Å²) in [6, 6.07) is 0.190. The second-order valence-corrected chi connectivity index (χ2v) is 4.64. The van der Waals surface area contributed by atoms with Gasteiger partial charge in [0, 0.05) is 12.6 Å². The summed E-state index contributed by atoms with van der Waals surface area (Å²) in [4.78, 5) is 15.7. The van der Waals surface area contributed by atoms with Crippen molar-refractivity contribution in [2.24, 2.45) is 5.92 Å². The van der Waals surface area contributed by atoms with Crippen LogP contribution < -0.4 is 5.32 Å². The van der Waals surface area contributed by atoms with Crippen molar-refractivity contribution < 1.29 is 14.3 Å². The lowest BCUT2D eigenvalue weighted by Crippen LogP contribution is -2.38. The molecule has 1 amide bonds. The lowest BCUT2D eigenvalue weighted by Gasteiger charge is -2.27. The first-order chi connectivity index (χ1) is 8.20. The van der Waals surface area contributed by atoms with Crippen LogP contribution in [0.1, 0.15) is 41.9 Å². The molecule has 2 N–H and O–H groups in total. The molecule has 0 saturated heterocycles. The molecular weight excluding hydrogens is 220 g/mol. The maximum atomic E-state index is 11.9. The van der Waals surface area contributed by atoms with E-state index in [1.54, 1.807) is 6.92 Å². The molecule has 17 heavy (non-hydrogen) atoms. The Morgan fingerprint density at radius 1 is 1.53 bits per heavy atom. The minimum absolute atomic E-state index is 0.188. The third-order valence-electron chi connectivity index (χ3n) is 3.39. The minimum atomic E-state index is -0.188. The number of hydrogen-bond donors (Lipinski definition) is 2. The molecule has 5 heteroatoms. The number of amides is 1. The van der Waals surface area contributed by atoms with E-state index in [1.165, 1.54) is 6.39 Å². The van der Waals surface area contributed by atoms with Gasteiger partial charge in [0.25, 0.3) is 5.91 Å². The van der Waals surface area contributed by atoms with Crippen LogP contribution in [0.2, 0.25) is 0 Å². The Labute approximate surface area is 100 Å². The van der Waals surface area contributed by atoms with Gasteiger partial charge in [-0.15, -0.1) is 0 Å². The highest BCUT2D eigenvalue weighted by Crippen LogP contribution is 2.24. The van der Waals surface area contributed by atoms with E-state index in [0.29, 0.717) is 17.4 Å². The molecule has 94 valence electrons. The van der Waals surface area contributed by atoms with Gasteiger partial charge in [-0.3, -0.25) is 4.79 Å². The lowest BCUT2D eigenvalue weighted by atomic mass is 9.86. The maximum absolute atomic E-state index is 11.9. The van der Waals surface area contributed by atoms with E-state index in [4.69, 9.17) is 9.52 Å². The average Bonchev–Trinajstić information content (AvgIpc) is 2.76. The summed E-state index contributed by atoms with van der Waals surface area (Å²) in [5.41, 5.74) is 0.617. The van der Waals surface area contributed by atoms with Gasteiger partial charge in [0.2, 0.25) is 5.76 Å². The van der Waals surface area contributed by atoms with E-state index in [1.807, 2.05) is 0 Å². The van der Waals surface area contributed by atoms with Gasteiger partial charge in [-0.25, -0.2) is 4.98 Å². The van der Waals surface area contributed by atoms with Crippen LogP contribution in [0.5, 0.6) is 0 Å². The standard InChI is InChI=1S/C12H18N2O3/c1-8-11(17-7-13-8)12(16)14-10-4-2-9(6-15)3-5-10/h7,9-10,15H,2-6H2,1H3,(H,14,16). The molecule has 0 atom stereocenters. The fourth-order valence-corrected chi connectivity index (χ4v) is 2.26. The van der Waals surface area contributed by atoms with Crippen LogP contribution in [0.3, 0.4) is 0 Å². The number of rotatable bonds is 3. The molecule has 2 rings (SSSR count). The van der Waals surface area contributed by atoms with Gasteiger partial charge in [0.05, 0.1) is 5.69 Å². The third kappa shape index (κ3) is 2.85. The summed E-state index contributed by atoms with van der Waals surface area (Å²) in [6.45, 7) is 2.00. The Morgan fingerprint density at radius 2 is 2.24 bits per heavy atom. The Balaban J connectivity index is 1.86. The predicted molar refractivity (Wildman–Crippen MR) is 61.5 cm³/mol. The van der Waals surface area contributed by atoms with Gasteiger partial charge in [-0.1, -0.05) is 0 Å². The number of nitrogens with one attached hydrogen (secondary N) is 1. The highest BCUT2D eigenvalue weighted by Gasteiger charge is 2.23. The Kier molecular flexibility index (Phi) is 3.78. The summed E-state index contributed by atoms with van der Waals surface area (Å²) < 4.78 is 5.05. The number of aliphatic hydroxyl groups excluding tert-OH is 1. The molecule has 1 aromatic rings. The summed E-state index contributed by atoms with van der Waals surface area (Å²) >= 11 is 0. The fraction of sp³-hybridized carbons (Fsp3) is 0.667. The molecule has 0 spiro atoms. The van der Waals surface area contributed by atoms with Crippen LogP contribution >= 0.6 is 0 Å². The van der Waals surface area contributed by atoms with Crippen LogP contribution in [0.4, 0.5) is 0 Å².